The van der Waals surface area contributed by atoms with Crippen LogP contribution in [0.3, 0.4) is 0 Å². The summed E-state index contributed by atoms with van der Waals surface area (Å²) in [6.07, 6.45) is 0.722. The average Bonchev–Trinajstić information content (AvgIpc) is 1.38. The van der Waals surface area contributed by atoms with E-state index in [-0.39, 0.29) is 19.5 Å². The third-order valence-electron chi connectivity index (χ3n) is 0.167. The summed E-state index contributed by atoms with van der Waals surface area (Å²) in [6.45, 7) is 2.90. The molecule has 0 aliphatic heterocycles. The Hall–Kier alpha value is -0.167. The predicted molar refractivity (Wildman–Crippen MR) is 15.2 cm³/mol. The van der Waals surface area contributed by atoms with E-state index in [4.69, 9.17) is 9.90 Å². The first kappa shape index (κ1) is 9.27. The molecule has 0 spiro atoms. The summed E-state index contributed by atoms with van der Waals surface area (Å²) in [6, 6.07) is 0. The van der Waals surface area contributed by atoms with Crippen molar-refractivity contribution in [3.05, 3.63) is 12.7 Å². The van der Waals surface area contributed by atoms with E-state index in [1.54, 1.807) is 0 Å². The first-order valence-corrected chi connectivity index (χ1v) is 1.11. The van der Waals surface area contributed by atoms with E-state index < -0.39 is 5.97 Å². The number of aliphatic carboxylic acids is 1. The molecule has 0 N–H and O–H groups in total. The summed E-state index contributed by atoms with van der Waals surface area (Å²) in [5, 5.41) is 9.14. The molecule has 0 fully saturated rings. The Morgan fingerprint density at radius 1 is 1.83 bits per heavy atom. The van der Waals surface area contributed by atoms with Gasteiger partial charge < -0.3 is 9.90 Å². The van der Waals surface area contributed by atoms with Crippen LogP contribution in [-0.4, -0.2) is 5.97 Å². The normalized spacial score (nSPS) is 5.33. The van der Waals surface area contributed by atoms with Crippen molar-refractivity contribution in [2.45, 2.75) is 0 Å². The maximum absolute atomic E-state index is 9.14. The van der Waals surface area contributed by atoms with Gasteiger partial charge in [0.1, 0.15) is 0 Å². The molecule has 2 nitrogen and oxygen atoms in total. The van der Waals surface area contributed by atoms with E-state index in [2.05, 4.69) is 6.58 Å². The van der Waals surface area contributed by atoms with Crippen molar-refractivity contribution in [3.63, 3.8) is 0 Å². The Morgan fingerprint density at radius 2 is 2.00 bits per heavy atom. The Labute approximate surface area is 48.6 Å². The van der Waals surface area contributed by atoms with Gasteiger partial charge in [-0.05, 0) is 6.08 Å². The maximum Gasteiger partial charge on any atom is 0.0636 e. The van der Waals surface area contributed by atoms with Crippen LogP contribution in [-0.2, 0) is 24.3 Å². The van der Waals surface area contributed by atoms with Crippen LogP contribution in [0, 0.1) is 0 Å². The van der Waals surface area contributed by atoms with Crippen LogP contribution in [0.2, 0.25) is 0 Å². The van der Waals surface area contributed by atoms with Gasteiger partial charge in [-0.1, -0.05) is 6.58 Å². The van der Waals surface area contributed by atoms with Crippen molar-refractivity contribution in [3.8, 4) is 0 Å². The van der Waals surface area contributed by atoms with Crippen LogP contribution in [0.25, 0.3) is 0 Å². The minimum absolute atomic E-state index is 0. The Kier molecular flexibility index (Phi) is 7.47. The van der Waals surface area contributed by atoms with Crippen LogP contribution in [0.5, 0.6) is 0 Å². The topological polar surface area (TPSA) is 40.1 Å². The van der Waals surface area contributed by atoms with E-state index >= 15 is 0 Å². The summed E-state index contributed by atoms with van der Waals surface area (Å²) in [5.41, 5.74) is 0. The van der Waals surface area contributed by atoms with Crippen LogP contribution in [0.4, 0.5) is 0 Å². The molecule has 0 unspecified atom stereocenters. The molecule has 0 aromatic carbocycles. The monoisotopic (exact) mass is 135 g/mol. The van der Waals surface area contributed by atoms with E-state index in [1.807, 2.05) is 0 Å². The van der Waals surface area contributed by atoms with Gasteiger partial charge in [-0.25, -0.2) is 0 Å². The summed E-state index contributed by atoms with van der Waals surface area (Å²) in [4.78, 5) is 9.14. The molecule has 0 radical (unpaired) electrons. The van der Waals surface area contributed by atoms with Gasteiger partial charge >= 0.3 is 0 Å². The molecular weight excluding hydrogens is 133 g/mol. The third-order valence-corrected chi connectivity index (χ3v) is 0.167. The minimum atomic E-state index is -1.23. The first-order chi connectivity index (χ1) is 2.27. The number of hydrogen-bond acceptors (Lipinski definition) is 2. The molecule has 0 aromatic rings. The molecule has 0 rings (SSSR count). The van der Waals surface area contributed by atoms with Gasteiger partial charge in [0, 0.05) is 19.5 Å². The fourth-order valence-corrected chi connectivity index (χ4v) is 0. The van der Waals surface area contributed by atoms with E-state index in [0.29, 0.717) is 0 Å². The SMILES string of the molecule is C=CC(=O)[O-].[Zn]. The van der Waals surface area contributed by atoms with Crippen LogP contribution >= 0.6 is 0 Å². The molecule has 0 amide bonds. The van der Waals surface area contributed by atoms with Gasteiger partial charge in [-0.3, -0.25) is 0 Å². The van der Waals surface area contributed by atoms with Crippen molar-refractivity contribution < 1.29 is 29.4 Å². The largest absolute Gasteiger partial charge is 0.545 e. The zero-order valence-electron chi connectivity index (χ0n) is 3.31. The van der Waals surface area contributed by atoms with Gasteiger partial charge in [0.2, 0.25) is 0 Å². The number of carboxylic acid groups (broad SMARTS) is 1. The fourth-order valence-electron chi connectivity index (χ4n) is 0. The zero-order chi connectivity index (χ0) is 4.28. The molecule has 0 saturated heterocycles. The molecule has 0 saturated carbocycles. The van der Waals surface area contributed by atoms with Gasteiger partial charge in [-0.15, -0.1) is 0 Å². The first-order valence-electron chi connectivity index (χ1n) is 1.11. The van der Waals surface area contributed by atoms with Crippen molar-refractivity contribution in [1.82, 2.24) is 0 Å². The molecule has 3 heteroatoms. The molecule has 0 heterocycles. The predicted octanol–water partition coefficient (Wildman–Crippen LogP) is -1.08. The van der Waals surface area contributed by atoms with Crippen molar-refractivity contribution in [2.24, 2.45) is 0 Å². The number of hydrogen-bond donors (Lipinski definition) is 0. The summed E-state index contributed by atoms with van der Waals surface area (Å²) in [5.74, 6) is -1.23. The smallest absolute Gasteiger partial charge is 0.0636 e. The summed E-state index contributed by atoms with van der Waals surface area (Å²) in [7, 11) is 0. The molecule has 30 valence electrons. The molecule has 0 aromatic heterocycles. The van der Waals surface area contributed by atoms with Gasteiger partial charge in [0.25, 0.3) is 0 Å². The summed E-state index contributed by atoms with van der Waals surface area (Å²) >= 11 is 0. The van der Waals surface area contributed by atoms with E-state index in [9.17, 15) is 0 Å². The van der Waals surface area contributed by atoms with E-state index in [0.717, 1.165) is 6.08 Å². The maximum atomic E-state index is 9.14. The van der Waals surface area contributed by atoms with Crippen molar-refractivity contribution >= 4 is 5.97 Å². The standard InChI is InChI=1S/C3H4O2.Zn/c1-2-3(4)5;/h2H,1H2,(H,4,5);/p-1. The Morgan fingerprint density at radius 3 is 2.00 bits per heavy atom. The van der Waals surface area contributed by atoms with E-state index in [1.165, 1.54) is 0 Å². The molecule has 6 heavy (non-hydrogen) atoms. The van der Waals surface area contributed by atoms with Gasteiger partial charge in [0.05, 0.1) is 5.97 Å². The van der Waals surface area contributed by atoms with Crippen molar-refractivity contribution in [2.75, 3.05) is 0 Å². The van der Waals surface area contributed by atoms with Crippen molar-refractivity contribution in [1.29, 1.82) is 0 Å². The van der Waals surface area contributed by atoms with Crippen LogP contribution in [0.1, 0.15) is 0 Å². The molecule has 0 aliphatic carbocycles. The summed E-state index contributed by atoms with van der Waals surface area (Å²) < 4.78 is 0. The molecule has 0 atom stereocenters. The van der Waals surface area contributed by atoms with Gasteiger partial charge in [0.15, 0.2) is 0 Å². The zero-order valence-corrected chi connectivity index (χ0v) is 6.28. The average molecular weight is 136 g/mol. The molecule has 0 aliphatic rings. The number of carboxylic acids is 1. The third kappa shape index (κ3) is 9.16. The number of rotatable bonds is 1. The molecule has 0 bridgehead atoms. The second-order valence-electron chi connectivity index (χ2n) is 0.523. The molecular formula is C3H3O2Zn-. The van der Waals surface area contributed by atoms with Crippen LogP contribution in [0.15, 0.2) is 12.7 Å². The number of carbonyl (C=O) groups is 1. The Bertz CT molecular complexity index is 59.8. The minimum Gasteiger partial charge on any atom is -0.545 e. The second kappa shape index (κ2) is 4.83. The Balaban J connectivity index is 0. The fraction of sp³-hybridized carbons (Fsp3) is 0. The number of carbonyl (C=O) groups excluding carboxylic acids is 1. The van der Waals surface area contributed by atoms with Crippen LogP contribution < -0.4 is 5.11 Å². The quantitative estimate of drug-likeness (QED) is 0.340. The van der Waals surface area contributed by atoms with Gasteiger partial charge in [-0.2, -0.15) is 0 Å². The second-order valence-corrected chi connectivity index (χ2v) is 0.523.